The van der Waals surface area contributed by atoms with Gasteiger partial charge >= 0.3 is 0 Å². The van der Waals surface area contributed by atoms with Crippen molar-refractivity contribution in [2.75, 3.05) is 51.7 Å². The SMILES string of the molecule is COc1cc(NC(=O)c2ccccc2)c(OC)cc1NC(=O)CN(C)Cc1ccc2c(c1)OCCO2. The van der Waals surface area contributed by atoms with Crippen molar-refractivity contribution in [2.45, 2.75) is 6.54 Å². The highest BCUT2D eigenvalue weighted by Crippen LogP contribution is 2.37. The fourth-order valence-electron chi connectivity index (χ4n) is 3.87. The number of ether oxygens (including phenoxy) is 4. The Hall–Kier alpha value is -4.24. The van der Waals surface area contributed by atoms with Crippen LogP contribution in [0.1, 0.15) is 15.9 Å². The number of nitrogens with zero attached hydrogens (tertiary/aromatic N) is 1. The summed E-state index contributed by atoms with van der Waals surface area (Å²) in [7, 11) is 4.84. The molecule has 0 atom stereocenters. The fourth-order valence-corrected chi connectivity index (χ4v) is 3.87. The number of hydrogen-bond donors (Lipinski definition) is 2. The summed E-state index contributed by atoms with van der Waals surface area (Å²) < 4.78 is 22.1. The standard InChI is InChI=1S/C27H29N3O6/c1-30(16-18-9-10-22-25(13-18)36-12-11-35-22)17-26(31)28-20-14-24(34-3)21(15-23(20)33-2)29-27(32)19-7-5-4-6-8-19/h4-10,13-15H,11-12,16-17H2,1-3H3,(H,28,31)(H,29,32). The minimum Gasteiger partial charge on any atom is -0.494 e. The summed E-state index contributed by atoms with van der Waals surface area (Å²) in [6.07, 6.45) is 0. The van der Waals surface area contributed by atoms with Gasteiger partial charge in [0.15, 0.2) is 11.5 Å². The summed E-state index contributed by atoms with van der Waals surface area (Å²) in [4.78, 5) is 27.3. The van der Waals surface area contributed by atoms with Crippen molar-refractivity contribution in [2.24, 2.45) is 0 Å². The molecule has 1 heterocycles. The molecule has 2 amide bonds. The van der Waals surface area contributed by atoms with Gasteiger partial charge in [-0.05, 0) is 36.9 Å². The molecule has 188 valence electrons. The molecule has 2 N–H and O–H groups in total. The number of fused-ring (bicyclic) bond motifs is 1. The second-order valence-electron chi connectivity index (χ2n) is 8.27. The normalized spacial score (nSPS) is 12.1. The van der Waals surface area contributed by atoms with Gasteiger partial charge in [-0.25, -0.2) is 0 Å². The first-order valence-corrected chi connectivity index (χ1v) is 11.5. The summed E-state index contributed by atoms with van der Waals surface area (Å²) in [6.45, 7) is 1.76. The Morgan fingerprint density at radius 2 is 1.50 bits per heavy atom. The van der Waals surface area contributed by atoms with Crippen molar-refractivity contribution < 1.29 is 28.5 Å². The van der Waals surface area contributed by atoms with Crippen molar-refractivity contribution in [3.05, 3.63) is 71.8 Å². The molecule has 0 aromatic heterocycles. The molecule has 9 heteroatoms. The van der Waals surface area contributed by atoms with E-state index in [-0.39, 0.29) is 18.4 Å². The molecule has 0 radical (unpaired) electrons. The Kier molecular flexibility index (Phi) is 7.92. The zero-order valence-corrected chi connectivity index (χ0v) is 20.5. The van der Waals surface area contributed by atoms with Crippen molar-refractivity contribution in [1.82, 2.24) is 4.90 Å². The highest BCUT2D eigenvalue weighted by atomic mass is 16.6. The average Bonchev–Trinajstić information content (AvgIpc) is 2.89. The maximum Gasteiger partial charge on any atom is 0.255 e. The predicted molar refractivity (Wildman–Crippen MR) is 136 cm³/mol. The van der Waals surface area contributed by atoms with Gasteiger partial charge in [0.1, 0.15) is 24.7 Å². The first kappa shape index (κ1) is 24.9. The molecular formula is C27H29N3O6. The Bertz CT molecular complexity index is 1230. The predicted octanol–water partition coefficient (Wildman–Crippen LogP) is 3.80. The van der Waals surface area contributed by atoms with Crippen LogP contribution in [0.2, 0.25) is 0 Å². The number of hydrogen-bond acceptors (Lipinski definition) is 7. The number of rotatable bonds is 9. The molecule has 36 heavy (non-hydrogen) atoms. The van der Waals surface area contributed by atoms with E-state index in [0.717, 1.165) is 11.3 Å². The highest BCUT2D eigenvalue weighted by Gasteiger charge is 2.18. The second-order valence-corrected chi connectivity index (χ2v) is 8.27. The summed E-state index contributed by atoms with van der Waals surface area (Å²) in [6, 6.07) is 17.9. The number of carbonyl (C=O) groups is 2. The molecule has 0 unspecified atom stereocenters. The molecular weight excluding hydrogens is 462 g/mol. The van der Waals surface area contributed by atoms with E-state index in [1.54, 1.807) is 36.4 Å². The Morgan fingerprint density at radius 3 is 2.17 bits per heavy atom. The molecule has 1 aliphatic rings. The van der Waals surface area contributed by atoms with E-state index in [9.17, 15) is 9.59 Å². The van der Waals surface area contributed by atoms with Crippen molar-refractivity contribution in [3.63, 3.8) is 0 Å². The van der Waals surface area contributed by atoms with E-state index >= 15 is 0 Å². The van der Waals surface area contributed by atoms with Crippen LogP contribution in [-0.2, 0) is 11.3 Å². The van der Waals surface area contributed by atoms with Gasteiger partial charge in [0.25, 0.3) is 5.91 Å². The zero-order chi connectivity index (χ0) is 25.5. The quantitative estimate of drug-likeness (QED) is 0.470. The zero-order valence-electron chi connectivity index (χ0n) is 20.5. The third-order valence-electron chi connectivity index (χ3n) is 5.55. The van der Waals surface area contributed by atoms with Gasteiger partial charge in [-0.1, -0.05) is 24.3 Å². The largest absolute Gasteiger partial charge is 0.494 e. The second kappa shape index (κ2) is 11.5. The minimum absolute atomic E-state index is 0.145. The molecule has 0 fully saturated rings. The van der Waals surface area contributed by atoms with Crippen LogP contribution < -0.4 is 29.6 Å². The third kappa shape index (κ3) is 6.05. The van der Waals surface area contributed by atoms with Gasteiger partial charge in [0, 0.05) is 24.2 Å². The van der Waals surface area contributed by atoms with Gasteiger partial charge in [-0.15, -0.1) is 0 Å². The number of benzene rings is 3. The Morgan fingerprint density at radius 1 is 0.861 bits per heavy atom. The lowest BCUT2D eigenvalue weighted by Gasteiger charge is -2.21. The summed E-state index contributed by atoms with van der Waals surface area (Å²) in [5.41, 5.74) is 2.38. The van der Waals surface area contributed by atoms with E-state index in [4.69, 9.17) is 18.9 Å². The molecule has 3 aromatic rings. The van der Waals surface area contributed by atoms with E-state index < -0.39 is 0 Å². The van der Waals surface area contributed by atoms with Crippen LogP contribution in [0, 0.1) is 0 Å². The van der Waals surface area contributed by atoms with Crippen LogP contribution in [0.5, 0.6) is 23.0 Å². The summed E-state index contributed by atoms with van der Waals surface area (Å²) in [5, 5.41) is 5.70. The van der Waals surface area contributed by atoms with E-state index in [1.807, 2.05) is 36.2 Å². The molecule has 9 nitrogen and oxygen atoms in total. The topological polar surface area (TPSA) is 98.4 Å². The van der Waals surface area contributed by atoms with Gasteiger partial charge in [0.05, 0.1) is 32.1 Å². The van der Waals surface area contributed by atoms with Crippen LogP contribution in [0.25, 0.3) is 0 Å². The maximum absolute atomic E-state index is 12.8. The summed E-state index contributed by atoms with van der Waals surface area (Å²) >= 11 is 0. The molecule has 0 aliphatic carbocycles. The number of carbonyl (C=O) groups excluding carboxylic acids is 2. The fraction of sp³-hybridized carbons (Fsp3) is 0.259. The lowest BCUT2D eigenvalue weighted by Crippen LogP contribution is -2.30. The molecule has 3 aromatic carbocycles. The number of nitrogens with one attached hydrogen (secondary N) is 2. The van der Waals surface area contributed by atoms with Crippen LogP contribution in [-0.4, -0.2) is 57.7 Å². The van der Waals surface area contributed by atoms with Gasteiger partial charge in [0.2, 0.25) is 5.91 Å². The van der Waals surface area contributed by atoms with Crippen molar-refractivity contribution in [1.29, 1.82) is 0 Å². The lowest BCUT2D eigenvalue weighted by atomic mass is 10.2. The smallest absolute Gasteiger partial charge is 0.255 e. The molecule has 0 saturated carbocycles. The molecule has 4 rings (SSSR count). The van der Waals surface area contributed by atoms with Crippen molar-refractivity contribution >= 4 is 23.2 Å². The van der Waals surface area contributed by atoms with Crippen LogP contribution in [0.3, 0.4) is 0 Å². The monoisotopic (exact) mass is 491 g/mol. The van der Waals surface area contributed by atoms with E-state index in [2.05, 4.69) is 10.6 Å². The maximum atomic E-state index is 12.8. The van der Waals surface area contributed by atoms with Gasteiger partial charge in [-0.3, -0.25) is 14.5 Å². The molecule has 0 bridgehead atoms. The van der Waals surface area contributed by atoms with E-state index in [1.165, 1.54) is 14.2 Å². The Labute approximate surface area is 209 Å². The van der Waals surface area contributed by atoms with Crippen LogP contribution in [0.4, 0.5) is 11.4 Å². The minimum atomic E-state index is -0.284. The van der Waals surface area contributed by atoms with E-state index in [0.29, 0.717) is 53.9 Å². The average molecular weight is 492 g/mol. The molecule has 0 spiro atoms. The van der Waals surface area contributed by atoms with Crippen LogP contribution in [0.15, 0.2) is 60.7 Å². The van der Waals surface area contributed by atoms with Gasteiger partial charge in [-0.2, -0.15) is 0 Å². The van der Waals surface area contributed by atoms with Crippen LogP contribution >= 0.6 is 0 Å². The first-order chi connectivity index (χ1) is 17.5. The molecule has 0 saturated heterocycles. The highest BCUT2D eigenvalue weighted by molar-refractivity contribution is 6.05. The number of anilines is 2. The summed E-state index contributed by atoms with van der Waals surface area (Å²) in [5.74, 6) is 1.72. The lowest BCUT2D eigenvalue weighted by molar-refractivity contribution is -0.117. The molecule has 1 aliphatic heterocycles. The Balaban J connectivity index is 1.41. The number of likely N-dealkylation sites (N-methyl/N-ethyl adjacent to an activating group) is 1. The van der Waals surface area contributed by atoms with Crippen molar-refractivity contribution in [3.8, 4) is 23.0 Å². The number of amides is 2. The number of methoxy groups -OCH3 is 2. The first-order valence-electron chi connectivity index (χ1n) is 11.5. The third-order valence-corrected chi connectivity index (χ3v) is 5.55. The van der Waals surface area contributed by atoms with Gasteiger partial charge < -0.3 is 29.6 Å².